The highest BCUT2D eigenvalue weighted by Crippen LogP contribution is 2.42. The van der Waals surface area contributed by atoms with Gasteiger partial charge in [-0.05, 0) is 24.6 Å². The van der Waals surface area contributed by atoms with E-state index >= 15 is 0 Å². The second-order valence-electron chi connectivity index (χ2n) is 7.00. The lowest BCUT2D eigenvalue weighted by Gasteiger charge is -2.19. The molecule has 7 nitrogen and oxygen atoms in total. The Morgan fingerprint density at radius 2 is 2.00 bits per heavy atom. The van der Waals surface area contributed by atoms with Gasteiger partial charge in [0, 0.05) is 27.0 Å². The minimum absolute atomic E-state index is 0.447. The number of nitrogens with zero attached hydrogens (tertiary/aromatic N) is 4. The third-order valence-corrected chi connectivity index (χ3v) is 6.37. The summed E-state index contributed by atoms with van der Waals surface area (Å²) in [5.41, 5.74) is 5.18. The van der Waals surface area contributed by atoms with Crippen molar-refractivity contribution >= 4 is 33.4 Å². The molecule has 156 valence electrons. The summed E-state index contributed by atoms with van der Waals surface area (Å²) < 4.78 is 7.33. The third-order valence-electron chi connectivity index (χ3n) is 4.84. The number of benzene rings is 2. The summed E-state index contributed by atoms with van der Waals surface area (Å²) >= 11 is 5.13. The van der Waals surface area contributed by atoms with Crippen molar-refractivity contribution < 1.29 is 4.74 Å². The fourth-order valence-corrected chi connectivity index (χ4v) is 4.39. The molecule has 0 radical (unpaired) electrons. The van der Waals surface area contributed by atoms with Crippen molar-refractivity contribution in [2.75, 3.05) is 11.1 Å². The van der Waals surface area contributed by atoms with Crippen LogP contribution in [0, 0.1) is 0 Å². The highest BCUT2D eigenvalue weighted by molar-refractivity contribution is 9.10. The minimum Gasteiger partial charge on any atom is -0.448 e. The number of halogens is 1. The van der Waals surface area contributed by atoms with E-state index in [9.17, 15) is 0 Å². The quantitative estimate of drug-likeness (QED) is 0.344. The molecular weight excluding hydrogens is 476 g/mol. The van der Waals surface area contributed by atoms with Crippen molar-refractivity contribution in [1.82, 2.24) is 25.4 Å². The first-order valence-electron chi connectivity index (χ1n) is 9.92. The summed E-state index contributed by atoms with van der Waals surface area (Å²) in [5, 5.41) is 20.3. The topological polar surface area (TPSA) is 88.6 Å². The van der Waals surface area contributed by atoms with Gasteiger partial charge in [-0.1, -0.05) is 64.9 Å². The molecule has 2 aromatic heterocycles. The summed E-state index contributed by atoms with van der Waals surface area (Å²) in [6.07, 6.45) is 2.31. The second-order valence-corrected chi connectivity index (χ2v) is 8.97. The van der Waals surface area contributed by atoms with Gasteiger partial charge >= 0.3 is 0 Å². The lowest BCUT2D eigenvalue weighted by Crippen LogP contribution is -2.17. The molecular formula is C22H19BrN6OS. The number of hydrogen-bond acceptors (Lipinski definition) is 7. The van der Waals surface area contributed by atoms with Gasteiger partial charge in [0.2, 0.25) is 17.3 Å². The van der Waals surface area contributed by atoms with Gasteiger partial charge in [0.15, 0.2) is 5.69 Å². The zero-order valence-electron chi connectivity index (χ0n) is 16.7. The van der Waals surface area contributed by atoms with Gasteiger partial charge in [-0.2, -0.15) is 10.1 Å². The van der Waals surface area contributed by atoms with E-state index in [4.69, 9.17) is 4.74 Å². The van der Waals surface area contributed by atoms with E-state index in [-0.39, 0.29) is 0 Å². The zero-order valence-corrected chi connectivity index (χ0v) is 19.1. The van der Waals surface area contributed by atoms with Gasteiger partial charge in [0.25, 0.3) is 0 Å². The predicted molar refractivity (Wildman–Crippen MR) is 125 cm³/mol. The van der Waals surface area contributed by atoms with Crippen LogP contribution in [-0.2, 0) is 0 Å². The van der Waals surface area contributed by atoms with E-state index in [2.05, 4.69) is 53.5 Å². The molecule has 0 aliphatic carbocycles. The molecule has 31 heavy (non-hydrogen) atoms. The molecule has 3 heterocycles. The molecule has 1 unspecified atom stereocenters. The lowest BCUT2D eigenvalue weighted by molar-refractivity contribution is 0.226. The van der Waals surface area contributed by atoms with Crippen molar-refractivity contribution in [2.24, 2.45) is 0 Å². The van der Waals surface area contributed by atoms with E-state index in [1.54, 1.807) is 18.0 Å². The summed E-state index contributed by atoms with van der Waals surface area (Å²) in [7, 11) is 0. The third kappa shape index (κ3) is 4.03. The maximum Gasteiger partial charge on any atom is 0.247 e. The molecule has 1 aliphatic heterocycles. The monoisotopic (exact) mass is 494 g/mol. The highest BCUT2D eigenvalue weighted by Gasteiger charge is 2.29. The Balaban J connectivity index is 1.61. The number of rotatable bonds is 5. The van der Waals surface area contributed by atoms with Crippen LogP contribution in [0.3, 0.4) is 0 Å². The van der Waals surface area contributed by atoms with Gasteiger partial charge in [-0.25, -0.2) is 0 Å². The van der Waals surface area contributed by atoms with Crippen LogP contribution in [0.15, 0.2) is 64.4 Å². The fraction of sp³-hybridized carbons (Fsp3) is 0.182. The molecule has 0 spiro atoms. The average Bonchev–Trinajstić information content (AvgIpc) is 3.23. The van der Waals surface area contributed by atoms with Crippen LogP contribution in [0.1, 0.15) is 25.1 Å². The smallest absolute Gasteiger partial charge is 0.247 e. The highest BCUT2D eigenvalue weighted by atomic mass is 79.9. The van der Waals surface area contributed by atoms with Crippen molar-refractivity contribution in [3.63, 3.8) is 0 Å². The zero-order chi connectivity index (χ0) is 21.2. The first-order chi connectivity index (χ1) is 15.2. The van der Waals surface area contributed by atoms with Crippen LogP contribution < -0.4 is 10.1 Å². The van der Waals surface area contributed by atoms with Gasteiger partial charge in [0.1, 0.15) is 0 Å². The Bertz CT molecular complexity index is 1220. The summed E-state index contributed by atoms with van der Waals surface area (Å²) in [6, 6.07) is 16.0. The van der Waals surface area contributed by atoms with Crippen LogP contribution in [0.25, 0.3) is 22.5 Å². The lowest BCUT2D eigenvalue weighted by atomic mass is 10.1. The van der Waals surface area contributed by atoms with Crippen LogP contribution in [0.4, 0.5) is 5.69 Å². The van der Waals surface area contributed by atoms with Crippen LogP contribution in [-0.4, -0.2) is 31.1 Å². The normalized spacial score (nSPS) is 14.7. The van der Waals surface area contributed by atoms with Gasteiger partial charge in [-0.15, -0.1) is 10.2 Å². The molecule has 5 rings (SSSR count). The minimum atomic E-state index is -0.504. The number of anilines is 1. The van der Waals surface area contributed by atoms with Crippen LogP contribution in [0.2, 0.25) is 0 Å². The number of H-pyrrole nitrogens is 1. The number of nitrogens with one attached hydrogen (secondary N) is 2. The molecule has 1 atom stereocenters. The maximum absolute atomic E-state index is 6.39. The molecule has 0 saturated carbocycles. The van der Waals surface area contributed by atoms with E-state index in [1.807, 2.05) is 48.5 Å². The van der Waals surface area contributed by atoms with Crippen molar-refractivity contribution in [1.29, 1.82) is 0 Å². The largest absolute Gasteiger partial charge is 0.448 e. The summed E-state index contributed by atoms with van der Waals surface area (Å²) in [4.78, 5) is 4.68. The first kappa shape index (κ1) is 20.0. The summed E-state index contributed by atoms with van der Waals surface area (Å²) in [5.74, 6) is 1.37. The molecule has 1 aliphatic rings. The number of hydrogen-bond donors (Lipinski definition) is 2. The Kier molecular flexibility index (Phi) is 5.61. The Morgan fingerprint density at radius 1 is 1.13 bits per heavy atom. The van der Waals surface area contributed by atoms with Crippen molar-refractivity contribution in [3.05, 3.63) is 64.8 Å². The van der Waals surface area contributed by atoms with Gasteiger partial charge in [-0.3, -0.25) is 5.10 Å². The first-order valence-corrected chi connectivity index (χ1v) is 11.7. The standard InChI is InChI=1S/C22H19BrN6OS/c1-2-10-31-22-26-21-19(28-29-22)15-11-14(23)8-9-17(15)25-20(30-21)16-12-24-27-18(16)13-6-4-3-5-7-13/h3-9,11-12,20,25H,2,10H2,1H3,(H,24,27). The van der Waals surface area contributed by atoms with Crippen LogP contribution >= 0.6 is 27.7 Å². The molecule has 9 heteroatoms. The Hall–Kier alpha value is -2.91. The number of thioether (sulfide) groups is 1. The van der Waals surface area contributed by atoms with Crippen LogP contribution in [0.5, 0.6) is 5.88 Å². The van der Waals surface area contributed by atoms with E-state index in [0.29, 0.717) is 16.7 Å². The summed E-state index contributed by atoms with van der Waals surface area (Å²) in [6.45, 7) is 2.12. The average molecular weight is 495 g/mol. The Labute approximate surface area is 192 Å². The second kappa shape index (κ2) is 8.68. The molecule has 2 N–H and O–H groups in total. The molecule has 0 amide bonds. The SMILES string of the molecule is CCCSc1nnc2c(n1)OC(c1cn[nH]c1-c1ccccc1)Nc1ccc(Br)cc1-2. The molecule has 0 fully saturated rings. The molecule has 0 saturated heterocycles. The van der Waals surface area contributed by atoms with Crippen molar-refractivity contribution in [2.45, 2.75) is 24.7 Å². The van der Waals surface area contributed by atoms with Crippen molar-refractivity contribution in [3.8, 4) is 28.4 Å². The number of aromatic nitrogens is 5. The number of aromatic amines is 1. The predicted octanol–water partition coefficient (Wildman–Crippen LogP) is 5.70. The molecule has 2 aromatic carbocycles. The number of fused-ring (bicyclic) bond motifs is 3. The van der Waals surface area contributed by atoms with Gasteiger partial charge < -0.3 is 10.1 Å². The molecule has 4 aromatic rings. The fourth-order valence-electron chi connectivity index (χ4n) is 3.40. The van der Waals surface area contributed by atoms with E-state index in [0.717, 1.165) is 44.7 Å². The van der Waals surface area contributed by atoms with E-state index < -0.39 is 6.23 Å². The number of ether oxygens (including phenoxy) is 1. The Morgan fingerprint density at radius 3 is 2.84 bits per heavy atom. The van der Waals surface area contributed by atoms with Gasteiger partial charge in [0.05, 0.1) is 17.5 Å². The molecule has 0 bridgehead atoms. The maximum atomic E-state index is 6.39. The van der Waals surface area contributed by atoms with E-state index in [1.165, 1.54) is 0 Å².